The molecule has 0 radical (unpaired) electrons. The second kappa shape index (κ2) is 6.06. The Kier molecular flexibility index (Phi) is 4.57. The van der Waals surface area contributed by atoms with E-state index in [-0.39, 0.29) is 12.1 Å². The number of hydrogen-bond donors (Lipinski definition) is 1. The lowest BCUT2D eigenvalue weighted by Crippen LogP contribution is -2.43. The van der Waals surface area contributed by atoms with Gasteiger partial charge in [0.15, 0.2) is 0 Å². The molecule has 21 heavy (non-hydrogen) atoms. The van der Waals surface area contributed by atoms with Gasteiger partial charge in [-0.15, -0.1) is 0 Å². The fourth-order valence-corrected chi connectivity index (χ4v) is 2.79. The Balaban J connectivity index is 2.36. The third-order valence-electron chi connectivity index (χ3n) is 4.18. The molecule has 1 saturated heterocycles. The zero-order valence-corrected chi connectivity index (χ0v) is 13.6. The predicted molar refractivity (Wildman–Crippen MR) is 84.1 cm³/mol. The highest BCUT2D eigenvalue weighted by molar-refractivity contribution is 5.88. The maximum Gasteiger partial charge on any atom is 0.244 e. The van der Waals surface area contributed by atoms with Crippen molar-refractivity contribution >= 4 is 5.91 Å². The van der Waals surface area contributed by atoms with E-state index in [9.17, 15) is 4.79 Å². The van der Waals surface area contributed by atoms with E-state index >= 15 is 0 Å². The normalized spacial score (nSPS) is 25.7. The van der Waals surface area contributed by atoms with Crippen LogP contribution in [-0.4, -0.2) is 30.0 Å². The fourth-order valence-electron chi connectivity index (χ4n) is 2.79. The molecule has 1 N–H and O–H groups in total. The Hall–Kier alpha value is -1.55. The summed E-state index contributed by atoms with van der Waals surface area (Å²) in [6.07, 6.45) is 0.695. The van der Waals surface area contributed by atoms with Gasteiger partial charge in [0.1, 0.15) is 11.9 Å². The average molecular weight is 290 g/mol. The molecule has 1 heterocycles. The van der Waals surface area contributed by atoms with E-state index in [0.29, 0.717) is 5.92 Å². The van der Waals surface area contributed by atoms with Crippen LogP contribution in [0.25, 0.3) is 0 Å². The Morgan fingerprint density at radius 1 is 1.43 bits per heavy atom. The van der Waals surface area contributed by atoms with E-state index in [2.05, 4.69) is 19.2 Å². The molecule has 0 aromatic heterocycles. The molecule has 4 nitrogen and oxygen atoms in total. The summed E-state index contributed by atoms with van der Waals surface area (Å²) in [5, 5.41) is 3.51. The van der Waals surface area contributed by atoms with Gasteiger partial charge in [-0.1, -0.05) is 32.9 Å². The lowest BCUT2D eigenvalue weighted by atomic mass is 9.99. The Morgan fingerprint density at radius 3 is 2.71 bits per heavy atom. The third kappa shape index (κ3) is 3.05. The van der Waals surface area contributed by atoms with E-state index < -0.39 is 5.54 Å². The summed E-state index contributed by atoms with van der Waals surface area (Å²) in [6, 6.07) is 7.93. The SMILES string of the molecule is CCC1(C)NC(c2cccc(OC)c2)N(CC(C)C)C1=O. The summed E-state index contributed by atoms with van der Waals surface area (Å²) >= 11 is 0. The molecule has 0 spiro atoms. The maximum absolute atomic E-state index is 12.8. The summed E-state index contributed by atoms with van der Waals surface area (Å²) in [5.74, 6) is 1.44. The van der Waals surface area contributed by atoms with Crippen molar-refractivity contribution in [3.05, 3.63) is 29.8 Å². The van der Waals surface area contributed by atoms with Crippen molar-refractivity contribution in [2.45, 2.75) is 45.8 Å². The molecule has 1 aromatic rings. The van der Waals surface area contributed by atoms with E-state index in [1.165, 1.54) is 0 Å². The number of nitrogens with one attached hydrogen (secondary N) is 1. The van der Waals surface area contributed by atoms with Crippen LogP contribution in [-0.2, 0) is 4.79 Å². The zero-order valence-electron chi connectivity index (χ0n) is 13.6. The van der Waals surface area contributed by atoms with Crippen LogP contribution in [0.15, 0.2) is 24.3 Å². The molecule has 1 aliphatic rings. The predicted octanol–water partition coefficient (Wildman–Crippen LogP) is 2.95. The highest BCUT2D eigenvalue weighted by Gasteiger charge is 2.47. The van der Waals surface area contributed by atoms with Gasteiger partial charge in [-0.2, -0.15) is 0 Å². The van der Waals surface area contributed by atoms with Crippen molar-refractivity contribution in [3.8, 4) is 5.75 Å². The number of nitrogens with zero attached hydrogens (tertiary/aromatic N) is 1. The minimum Gasteiger partial charge on any atom is -0.497 e. The highest BCUT2D eigenvalue weighted by atomic mass is 16.5. The van der Waals surface area contributed by atoms with Gasteiger partial charge in [0.25, 0.3) is 0 Å². The Labute approximate surface area is 127 Å². The van der Waals surface area contributed by atoms with E-state index in [1.54, 1.807) is 7.11 Å². The molecule has 0 saturated carbocycles. The van der Waals surface area contributed by atoms with E-state index in [0.717, 1.165) is 24.3 Å². The topological polar surface area (TPSA) is 41.6 Å². The number of amides is 1. The van der Waals surface area contributed by atoms with Gasteiger partial charge in [0, 0.05) is 6.54 Å². The number of hydrogen-bond acceptors (Lipinski definition) is 3. The molecule has 1 aromatic carbocycles. The van der Waals surface area contributed by atoms with Crippen LogP contribution in [0.3, 0.4) is 0 Å². The van der Waals surface area contributed by atoms with Gasteiger partial charge in [-0.05, 0) is 37.0 Å². The van der Waals surface area contributed by atoms with Crippen molar-refractivity contribution in [2.24, 2.45) is 5.92 Å². The van der Waals surface area contributed by atoms with Crippen LogP contribution in [0.2, 0.25) is 0 Å². The molecule has 2 atom stereocenters. The number of ether oxygens (including phenoxy) is 1. The van der Waals surface area contributed by atoms with Gasteiger partial charge < -0.3 is 9.64 Å². The smallest absolute Gasteiger partial charge is 0.244 e. The summed E-state index contributed by atoms with van der Waals surface area (Å²) in [6.45, 7) is 9.06. The number of carbonyl (C=O) groups is 1. The Bertz CT molecular complexity index is 515. The molecular weight excluding hydrogens is 264 g/mol. The first-order chi connectivity index (χ1) is 9.91. The van der Waals surface area contributed by atoms with Crippen molar-refractivity contribution in [2.75, 3.05) is 13.7 Å². The molecule has 116 valence electrons. The molecule has 1 fully saturated rings. The van der Waals surface area contributed by atoms with Gasteiger partial charge in [-0.25, -0.2) is 0 Å². The molecule has 1 amide bonds. The van der Waals surface area contributed by atoms with Crippen LogP contribution in [0.4, 0.5) is 0 Å². The minimum atomic E-state index is -0.483. The lowest BCUT2D eigenvalue weighted by molar-refractivity contribution is -0.133. The summed E-state index contributed by atoms with van der Waals surface area (Å²) in [5.41, 5.74) is 0.586. The lowest BCUT2D eigenvalue weighted by Gasteiger charge is -2.26. The highest BCUT2D eigenvalue weighted by Crippen LogP contribution is 2.34. The molecule has 4 heteroatoms. The van der Waals surface area contributed by atoms with Gasteiger partial charge in [-0.3, -0.25) is 10.1 Å². The van der Waals surface area contributed by atoms with Crippen molar-refractivity contribution in [1.29, 1.82) is 0 Å². The standard InChI is InChI=1S/C17H26N2O2/c1-6-17(4)16(20)19(11-12(2)3)15(18-17)13-8-7-9-14(10-13)21-5/h7-10,12,15,18H,6,11H2,1-5H3. The molecule has 1 aliphatic heterocycles. The van der Waals surface area contributed by atoms with Crippen LogP contribution >= 0.6 is 0 Å². The van der Waals surface area contributed by atoms with Crippen LogP contribution in [0.1, 0.15) is 45.8 Å². The quantitative estimate of drug-likeness (QED) is 0.906. The molecule has 0 aliphatic carbocycles. The third-order valence-corrected chi connectivity index (χ3v) is 4.18. The summed E-state index contributed by atoms with van der Waals surface area (Å²) in [7, 11) is 1.66. The monoisotopic (exact) mass is 290 g/mol. The molecular formula is C17H26N2O2. The minimum absolute atomic E-state index is 0.0834. The van der Waals surface area contributed by atoms with Gasteiger partial charge >= 0.3 is 0 Å². The number of rotatable bonds is 5. The average Bonchev–Trinajstić information content (AvgIpc) is 2.72. The first kappa shape index (κ1) is 15.8. The summed E-state index contributed by atoms with van der Waals surface area (Å²) < 4.78 is 5.30. The van der Waals surface area contributed by atoms with Crippen LogP contribution < -0.4 is 10.1 Å². The van der Waals surface area contributed by atoms with Crippen molar-refractivity contribution in [3.63, 3.8) is 0 Å². The van der Waals surface area contributed by atoms with E-state index in [4.69, 9.17) is 4.74 Å². The first-order valence-corrected chi connectivity index (χ1v) is 7.64. The second-order valence-corrected chi connectivity index (χ2v) is 6.36. The Morgan fingerprint density at radius 2 is 2.14 bits per heavy atom. The second-order valence-electron chi connectivity index (χ2n) is 6.36. The molecule has 0 bridgehead atoms. The maximum atomic E-state index is 12.8. The van der Waals surface area contributed by atoms with Crippen LogP contribution in [0.5, 0.6) is 5.75 Å². The molecule has 2 unspecified atom stereocenters. The van der Waals surface area contributed by atoms with E-state index in [1.807, 2.05) is 43.0 Å². The van der Waals surface area contributed by atoms with Gasteiger partial charge in [0.05, 0.1) is 12.6 Å². The largest absolute Gasteiger partial charge is 0.497 e. The summed E-state index contributed by atoms with van der Waals surface area (Å²) in [4.78, 5) is 14.7. The van der Waals surface area contributed by atoms with Gasteiger partial charge in [0.2, 0.25) is 5.91 Å². The fraction of sp³-hybridized carbons (Fsp3) is 0.588. The van der Waals surface area contributed by atoms with Crippen molar-refractivity contribution < 1.29 is 9.53 Å². The van der Waals surface area contributed by atoms with Crippen molar-refractivity contribution in [1.82, 2.24) is 10.2 Å². The number of methoxy groups -OCH3 is 1. The first-order valence-electron chi connectivity index (χ1n) is 7.64. The zero-order chi connectivity index (χ0) is 15.6. The van der Waals surface area contributed by atoms with Crippen LogP contribution in [0, 0.1) is 5.92 Å². The number of carbonyl (C=O) groups excluding carboxylic acids is 1. The number of benzene rings is 1. The molecule has 2 rings (SSSR count).